The number of hydrogen-bond acceptors (Lipinski definition) is 8. The van der Waals surface area contributed by atoms with Crippen molar-refractivity contribution in [3.8, 4) is 29.5 Å². The van der Waals surface area contributed by atoms with Gasteiger partial charge >= 0.3 is 12.0 Å². The molecule has 4 aromatic rings. The van der Waals surface area contributed by atoms with E-state index in [0.717, 1.165) is 0 Å². The minimum atomic E-state index is -1.26. The number of carboxylic acids is 1. The Morgan fingerprint density at radius 2 is 1.89 bits per heavy atom. The first kappa shape index (κ1) is 24.0. The van der Waals surface area contributed by atoms with Crippen molar-refractivity contribution in [1.29, 1.82) is 10.7 Å². The lowest BCUT2D eigenvalue weighted by Crippen LogP contribution is -2.20. The minimum Gasteiger partial charge on any atom is -0.478 e. The summed E-state index contributed by atoms with van der Waals surface area (Å²) in [6.45, 7) is 5.93. The molecule has 2 aromatic heterocycles. The van der Waals surface area contributed by atoms with Gasteiger partial charge in [-0.2, -0.15) is 15.2 Å². The van der Waals surface area contributed by atoms with Crippen molar-refractivity contribution in [2.45, 2.75) is 26.2 Å². The molecule has 0 radical (unpaired) electrons. The zero-order valence-corrected chi connectivity index (χ0v) is 19.6. The predicted molar refractivity (Wildman–Crippen MR) is 131 cm³/mol. The van der Waals surface area contributed by atoms with Gasteiger partial charge in [-0.25, -0.2) is 9.78 Å². The van der Waals surface area contributed by atoms with Crippen LogP contribution in [0.2, 0.25) is 0 Å². The van der Waals surface area contributed by atoms with Crippen LogP contribution in [-0.2, 0) is 5.41 Å². The summed E-state index contributed by atoms with van der Waals surface area (Å²) in [5.74, 6) is -0.287. The number of carboxylic acid groups (broad SMARTS) is 1. The number of H-pyrrole nitrogens is 1. The third-order valence-corrected chi connectivity index (χ3v) is 4.89. The summed E-state index contributed by atoms with van der Waals surface area (Å²) in [6.07, 6.45) is 0. The molecule has 0 saturated carbocycles. The van der Waals surface area contributed by atoms with E-state index in [1.54, 1.807) is 24.3 Å². The molecule has 0 fully saturated rings. The third kappa shape index (κ3) is 5.15. The number of ether oxygens (including phenoxy) is 2. The largest absolute Gasteiger partial charge is 0.478 e. The number of nitrogens with zero attached hydrogens (tertiary/aromatic N) is 4. The molecule has 0 saturated heterocycles. The fourth-order valence-corrected chi connectivity index (χ4v) is 3.20. The summed E-state index contributed by atoms with van der Waals surface area (Å²) in [4.78, 5) is 28.1. The van der Waals surface area contributed by atoms with Gasteiger partial charge in [-0.15, -0.1) is 0 Å². The number of benzene rings is 2. The van der Waals surface area contributed by atoms with Crippen LogP contribution in [-0.4, -0.2) is 37.0 Å². The van der Waals surface area contributed by atoms with E-state index in [-0.39, 0.29) is 45.8 Å². The van der Waals surface area contributed by atoms with Crippen molar-refractivity contribution in [3.05, 3.63) is 59.4 Å². The van der Waals surface area contributed by atoms with Crippen LogP contribution in [0.5, 0.6) is 23.4 Å². The molecule has 6 N–H and O–H groups in total. The quantitative estimate of drug-likeness (QED) is 0.195. The first-order chi connectivity index (χ1) is 17.0. The molecule has 2 aromatic carbocycles. The molecule has 36 heavy (non-hydrogen) atoms. The molecular formula is C24H22N8O4. The summed E-state index contributed by atoms with van der Waals surface area (Å²) in [7, 11) is 0. The first-order valence-corrected chi connectivity index (χ1v) is 10.7. The van der Waals surface area contributed by atoms with Gasteiger partial charge in [0.15, 0.2) is 11.6 Å². The second-order valence-electron chi connectivity index (χ2n) is 8.74. The van der Waals surface area contributed by atoms with Gasteiger partial charge in [-0.05, 0) is 30.3 Å². The highest BCUT2D eigenvalue weighted by molar-refractivity contribution is 5.91. The average molecular weight is 486 g/mol. The number of hydrogen-bond donors (Lipinski definition) is 5. The van der Waals surface area contributed by atoms with Crippen LogP contribution < -0.4 is 20.5 Å². The van der Waals surface area contributed by atoms with Gasteiger partial charge in [-0.1, -0.05) is 26.8 Å². The summed E-state index contributed by atoms with van der Waals surface area (Å²) in [5.41, 5.74) is 6.06. The van der Waals surface area contributed by atoms with Crippen LogP contribution in [0.15, 0.2) is 42.5 Å². The Kier molecular flexibility index (Phi) is 6.14. The van der Waals surface area contributed by atoms with Gasteiger partial charge in [0.2, 0.25) is 0 Å². The SMILES string of the molecule is CC(C)(C)c1nc2nc(Oc3cccc(NC(=N)N)c3)nc(Oc3ccc(C#N)c(C(=O)O)c3)c2[nH]1. The number of aromatic amines is 1. The summed E-state index contributed by atoms with van der Waals surface area (Å²) in [6, 6.07) is 12.5. The summed E-state index contributed by atoms with van der Waals surface area (Å²) < 4.78 is 11.8. The lowest BCUT2D eigenvalue weighted by molar-refractivity contribution is 0.0696. The van der Waals surface area contributed by atoms with E-state index in [9.17, 15) is 15.2 Å². The molecule has 4 rings (SSSR count). The lowest BCUT2D eigenvalue weighted by atomic mass is 9.96. The monoisotopic (exact) mass is 486 g/mol. The standard InChI is InChI=1S/C24H22N8O4/c1-24(2,3)21-29-17-18(30-21)31-23(36-14-6-4-5-13(9-14)28-22(26)27)32-19(17)35-15-8-7-12(11-25)16(10-15)20(33)34/h4-10H,1-3H3,(H,33,34)(H4,26,27,28)(H,29,30,31,32). The molecule has 0 atom stereocenters. The molecule has 0 amide bonds. The second kappa shape index (κ2) is 9.22. The Labute approximate surface area is 205 Å². The van der Waals surface area contributed by atoms with Crippen molar-refractivity contribution in [2.75, 3.05) is 5.32 Å². The molecular weight excluding hydrogens is 464 g/mol. The Balaban J connectivity index is 1.78. The molecule has 0 aliphatic rings. The van der Waals surface area contributed by atoms with Crippen molar-refractivity contribution in [1.82, 2.24) is 19.9 Å². The van der Waals surface area contributed by atoms with Gasteiger partial charge < -0.3 is 30.6 Å². The van der Waals surface area contributed by atoms with Gasteiger partial charge in [-0.3, -0.25) is 5.41 Å². The maximum absolute atomic E-state index is 11.6. The van der Waals surface area contributed by atoms with Gasteiger partial charge in [0, 0.05) is 17.2 Å². The number of aromatic carboxylic acids is 1. The molecule has 0 unspecified atom stereocenters. The van der Waals surface area contributed by atoms with Crippen molar-refractivity contribution < 1.29 is 19.4 Å². The molecule has 0 aliphatic carbocycles. The van der Waals surface area contributed by atoms with E-state index >= 15 is 0 Å². The molecule has 0 aliphatic heterocycles. The zero-order valence-electron chi connectivity index (χ0n) is 19.6. The number of rotatable bonds is 6. The zero-order chi connectivity index (χ0) is 26.0. The highest BCUT2D eigenvalue weighted by Gasteiger charge is 2.23. The number of fused-ring (bicyclic) bond motifs is 1. The van der Waals surface area contributed by atoms with E-state index in [1.807, 2.05) is 26.8 Å². The highest BCUT2D eigenvalue weighted by Crippen LogP contribution is 2.33. The fraction of sp³-hybridized carbons (Fsp3) is 0.167. The summed E-state index contributed by atoms with van der Waals surface area (Å²) >= 11 is 0. The molecule has 2 heterocycles. The number of aromatic nitrogens is 4. The van der Waals surface area contributed by atoms with E-state index in [2.05, 4.69) is 25.3 Å². The van der Waals surface area contributed by atoms with Crippen molar-refractivity contribution in [2.24, 2.45) is 5.73 Å². The van der Waals surface area contributed by atoms with Crippen molar-refractivity contribution in [3.63, 3.8) is 0 Å². The topological polar surface area (TPSA) is 196 Å². The average Bonchev–Trinajstić information content (AvgIpc) is 3.24. The maximum Gasteiger partial charge on any atom is 0.337 e. The molecule has 182 valence electrons. The van der Waals surface area contributed by atoms with E-state index < -0.39 is 5.97 Å². The van der Waals surface area contributed by atoms with Gasteiger partial charge in [0.05, 0.1) is 11.1 Å². The predicted octanol–water partition coefficient (Wildman–Crippen LogP) is 4.11. The number of anilines is 1. The highest BCUT2D eigenvalue weighted by atomic mass is 16.5. The van der Waals surface area contributed by atoms with Gasteiger partial charge in [0.25, 0.3) is 5.88 Å². The lowest BCUT2D eigenvalue weighted by Gasteiger charge is -2.13. The van der Waals surface area contributed by atoms with Crippen LogP contribution in [0.1, 0.15) is 42.5 Å². The number of carbonyl (C=O) groups is 1. The number of nitrogens with one attached hydrogen (secondary N) is 3. The second-order valence-corrected chi connectivity index (χ2v) is 8.74. The number of nitrogens with two attached hydrogens (primary N) is 1. The molecule has 12 nitrogen and oxygen atoms in total. The maximum atomic E-state index is 11.6. The van der Waals surface area contributed by atoms with Crippen LogP contribution in [0.4, 0.5) is 5.69 Å². The molecule has 0 bridgehead atoms. The minimum absolute atomic E-state index is 0.00215. The van der Waals surface area contributed by atoms with Crippen LogP contribution in [0.3, 0.4) is 0 Å². The van der Waals surface area contributed by atoms with Gasteiger partial charge in [0.1, 0.15) is 28.9 Å². The normalized spacial score (nSPS) is 11.1. The number of nitriles is 1. The summed E-state index contributed by atoms with van der Waals surface area (Å²) in [5, 5.41) is 28.7. The van der Waals surface area contributed by atoms with Crippen molar-refractivity contribution >= 4 is 28.8 Å². The first-order valence-electron chi connectivity index (χ1n) is 10.7. The molecule has 12 heteroatoms. The van der Waals surface area contributed by atoms with Crippen LogP contribution in [0.25, 0.3) is 11.2 Å². The van der Waals surface area contributed by atoms with E-state index in [1.165, 1.54) is 18.2 Å². The van der Waals surface area contributed by atoms with Crippen LogP contribution >= 0.6 is 0 Å². The Hall–Kier alpha value is -5.18. The van der Waals surface area contributed by atoms with Crippen LogP contribution in [0, 0.1) is 16.7 Å². The fourth-order valence-electron chi connectivity index (χ4n) is 3.20. The Bertz CT molecular complexity index is 1530. The third-order valence-electron chi connectivity index (χ3n) is 4.89. The van der Waals surface area contributed by atoms with E-state index in [0.29, 0.717) is 22.8 Å². The smallest absolute Gasteiger partial charge is 0.337 e. The number of guanidine groups is 1. The van der Waals surface area contributed by atoms with E-state index in [4.69, 9.17) is 20.6 Å². The number of imidazole rings is 1. The Morgan fingerprint density at radius 3 is 2.56 bits per heavy atom. The molecule has 0 spiro atoms. The Morgan fingerprint density at radius 1 is 1.14 bits per heavy atom.